The van der Waals surface area contributed by atoms with Crippen molar-refractivity contribution in [2.24, 2.45) is 17.8 Å². The first-order valence-electron chi connectivity index (χ1n) is 23.5. The van der Waals surface area contributed by atoms with Gasteiger partial charge in [-0.1, -0.05) is 50.7 Å². The lowest BCUT2D eigenvalue weighted by atomic mass is 9.75. The van der Waals surface area contributed by atoms with E-state index in [2.05, 4.69) is 31.2 Å². The van der Waals surface area contributed by atoms with Gasteiger partial charge in [-0.05, 0) is 50.5 Å². The third-order valence-electron chi connectivity index (χ3n) is 13.1. The lowest BCUT2D eigenvalue weighted by Gasteiger charge is -2.47. The van der Waals surface area contributed by atoms with Gasteiger partial charge in [0.25, 0.3) is 5.91 Å². The van der Waals surface area contributed by atoms with Gasteiger partial charge in [-0.25, -0.2) is 4.79 Å². The molecule has 3 fully saturated rings. The quantitative estimate of drug-likeness (QED) is 0.0738. The van der Waals surface area contributed by atoms with E-state index >= 15 is 0 Å². The number of aryl methyl sites for hydroxylation is 1. The Morgan fingerprint density at radius 1 is 0.971 bits per heavy atom. The van der Waals surface area contributed by atoms with Crippen molar-refractivity contribution in [3.8, 4) is 11.3 Å². The zero-order valence-corrected chi connectivity index (χ0v) is 38.6. The number of aliphatic carboxylic acids is 1. The van der Waals surface area contributed by atoms with Gasteiger partial charge in [-0.15, -0.1) is 5.10 Å². The van der Waals surface area contributed by atoms with E-state index in [1.54, 1.807) is 23.1 Å². The number of pyridine rings is 1. The Hall–Kier alpha value is -4.85. The Labute approximate surface area is 393 Å². The summed E-state index contributed by atoms with van der Waals surface area (Å²) in [6.45, 7) is 4.22. The van der Waals surface area contributed by atoms with E-state index < -0.39 is 121 Å². The Morgan fingerprint density at radius 3 is 2.41 bits per heavy atom. The van der Waals surface area contributed by atoms with Crippen molar-refractivity contribution in [1.29, 1.82) is 0 Å². The standard InChI is InChI=1S/C45H67N7O16/c1-4-26-16-27(41(60)47-11-12-48-42(61)29-17-28(19-46-20-29)30-21-52(51-50-30)13-8-14-53)18-31(39(26)68-45-38(59)37(58)35(56)23(2)64-45)66-44-34(49-24(3)55)40(36(57)33(22-54)67-44)65-32(43(62)63)15-25-9-6-5-7-10-25/h17,19-21,23,25-27,31-32,34-35,37-40,44-45,53-54,56-59H,4-16,18,22H2,1-3H3,(H,47,60)(H,48,61)(H,49,55)(H,62,63)/t23?,26?,27?,31-,32+,34?,35-,37?,38?,39?,40?,44-,45+/m1/s1. The number of hydrogen-bond donors (Lipinski definition) is 10. The monoisotopic (exact) mass is 961 g/mol. The molecule has 23 heteroatoms. The van der Waals surface area contributed by atoms with Crippen molar-refractivity contribution in [1.82, 2.24) is 35.9 Å². The van der Waals surface area contributed by atoms with Crippen LogP contribution < -0.4 is 16.0 Å². The van der Waals surface area contributed by atoms with Crippen LogP contribution in [0.25, 0.3) is 11.3 Å². The maximum absolute atomic E-state index is 14.0. The van der Waals surface area contributed by atoms with Gasteiger partial charge in [-0.2, -0.15) is 0 Å². The highest BCUT2D eigenvalue weighted by molar-refractivity contribution is 5.95. The molecule has 378 valence electrons. The number of carboxylic acids is 1. The Morgan fingerprint density at radius 2 is 1.72 bits per heavy atom. The first kappa shape index (κ1) is 52.5. The fourth-order valence-electron chi connectivity index (χ4n) is 9.42. The van der Waals surface area contributed by atoms with Gasteiger partial charge >= 0.3 is 5.97 Å². The van der Waals surface area contributed by atoms with E-state index in [1.807, 2.05) is 6.92 Å². The number of amides is 3. The molecule has 4 aliphatic rings. The van der Waals surface area contributed by atoms with Crippen LogP contribution in [0, 0.1) is 17.8 Å². The van der Waals surface area contributed by atoms with Gasteiger partial charge in [-0.3, -0.25) is 24.0 Å². The molecule has 8 unspecified atom stereocenters. The van der Waals surface area contributed by atoms with Crippen LogP contribution in [0.1, 0.15) is 95.3 Å². The second kappa shape index (κ2) is 24.6. The summed E-state index contributed by atoms with van der Waals surface area (Å²) >= 11 is 0. The number of aliphatic hydroxyl groups is 6. The summed E-state index contributed by atoms with van der Waals surface area (Å²) in [4.78, 5) is 56.7. The zero-order valence-electron chi connectivity index (χ0n) is 38.6. The van der Waals surface area contributed by atoms with Crippen LogP contribution in [0.5, 0.6) is 0 Å². The molecule has 2 aliphatic carbocycles. The minimum atomic E-state index is -1.69. The third kappa shape index (κ3) is 13.3. The fourth-order valence-corrected chi connectivity index (χ4v) is 9.42. The minimum Gasteiger partial charge on any atom is -0.506 e. The molecule has 68 heavy (non-hydrogen) atoms. The molecule has 10 N–H and O–H groups in total. The van der Waals surface area contributed by atoms with Crippen molar-refractivity contribution < 1.29 is 78.6 Å². The first-order chi connectivity index (χ1) is 32.6. The lowest BCUT2D eigenvalue weighted by Crippen LogP contribution is -2.61. The summed E-state index contributed by atoms with van der Waals surface area (Å²) in [5.74, 6) is -4.99. The van der Waals surface area contributed by atoms with Crippen molar-refractivity contribution in [2.75, 3.05) is 26.3 Å². The molecule has 2 aromatic rings. The van der Waals surface area contributed by atoms with Gasteiger partial charge in [0.05, 0.1) is 30.1 Å². The molecule has 2 aromatic heterocycles. The van der Waals surface area contributed by atoms with E-state index in [1.165, 1.54) is 20.0 Å². The molecule has 0 spiro atoms. The van der Waals surface area contributed by atoms with E-state index in [9.17, 15) is 49.8 Å². The second-order valence-electron chi connectivity index (χ2n) is 18.0. The van der Waals surface area contributed by atoms with Crippen molar-refractivity contribution in [2.45, 2.75) is 159 Å². The molecule has 6 rings (SSSR count). The lowest BCUT2D eigenvalue weighted by molar-refractivity contribution is -0.327. The van der Waals surface area contributed by atoms with Crippen LogP contribution in [0.4, 0.5) is 0 Å². The average molecular weight is 962 g/mol. The van der Waals surface area contributed by atoms with Gasteiger partial charge in [0.1, 0.15) is 42.8 Å². The van der Waals surface area contributed by atoms with Gasteiger partial charge < -0.3 is 75.4 Å². The van der Waals surface area contributed by atoms with E-state index in [0.29, 0.717) is 30.6 Å². The molecule has 3 amide bonds. The maximum atomic E-state index is 14.0. The summed E-state index contributed by atoms with van der Waals surface area (Å²) < 4.78 is 32.5. The summed E-state index contributed by atoms with van der Waals surface area (Å²) in [6, 6.07) is 0.210. The van der Waals surface area contributed by atoms with E-state index in [-0.39, 0.29) is 50.4 Å². The Balaban J connectivity index is 1.19. The van der Waals surface area contributed by atoms with Crippen molar-refractivity contribution in [3.63, 3.8) is 0 Å². The highest BCUT2D eigenvalue weighted by Crippen LogP contribution is 2.40. The fraction of sp³-hybridized carbons (Fsp3) is 0.711. The number of hydrogen-bond acceptors (Lipinski definition) is 18. The van der Waals surface area contributed by atoms with Gasteiger partial charge in [0, 0.05) is 57.0 Å². The molecular weight excluding hydrogens is 895 g/mol. The van der Waals surface area contributed by atoms with Gasteiger partial charge in [0.2, 0.25) is 18.1 Å². The molecule has 2 aliphatic heterocycles. The van der Waals surface area contributed by atoms with Crippen molar-refractivity contribution >= 4 is 23.7 Å². The number of carbonyl (C=O) groups excluding carboxylic acids is 3. The molecular formula is C45H67N7O16. The van der Waals surface area contributed by atoms with Crippen LogP contribution in [0.3, 0.4) is 0 Å². The highest BCUT2D eigenvalue weighted by atomic mass is 16.7. The van der Waals surface area contributed by atoms with Crippen LogP contribution in [-0.2, 0) is 44.6 Å². The van der Waals surface area contributed by atoms with Crippen LogP contribution in [0.2, 0.25) is 0 Å². The molecule has 2 saturated carbocycles. The predicted molar refractivity (Wildman–Crippen MR) is 236 cm³/mol. The van der Waals surface area contributed by atoms with E-state index in [4.69, 9.17) is 28.8 Å². The largest absolute Gasteiger partial charge is 0.506 e. The SMILES string of the molecule is CCC1CC(C(=O)NCCNC(=O)c2cncc(-c3cn(CCCO)nn3)c2)C[C@@H](O[C@@H]2OC(CO)=C(O)C(O[C@@H](CC3CCCCC3)C(=O)O)C2NC(C)=O)C1O[C@@H]1OC(C)[C@@H](O)C(O)C1O. The number of ether oxygens (including phenoxy) is 5. The summed E-state index contributed by atoms with van der Waals surface area (Å²) in [5, 5.41) is 89.7. The zero-order chi connectivity index (χ0) is 49.1. The number of aliphatic hydroxyl groups excluding tert-OH is 6. The summed E-state index contributed by atoms with van der Waals surface area (Å²) in [6.07, 6.45) is -3.50. The predicted octanol–water partition coefficient (Wildman–Crippen LogP) is 0.0343. The summed E-state index contributed by atoms with van der Waals surface area (Å²) in [5.41, 5.74) is 1.30. The van der Waals surface area contributed by atoms with Gasteiger partial charge in [0.15, 0.2) is 23.9 Å². The average Bonchev–Trinajstić information content (AvgIpc) is 3.81. The molecule has 13 atom stereocenters. The van der Waals surface area contributed by atoms with Crippen LogP contribution in [-0.4, -0.2) is 173 Å². The molecule has 1 saturated heterocycles. The number of nitrogens with one attached hydrogen (secondary N) is 3. The Bertz CT molecular complexity index is 2030. The number of rotatable bonds is 21. The molecule has 0 aromatic carbocycles. The molecule has 0 radical (unpaired) electrons. The number of carbonyl (C=O) groups is 4. The smallest absolute Gasteiger partial charge is 0.332 e. The third-order valence-corrected chi connectivity index (χ3v) is 13.1. The second-order valence-corrected chi connectivity index (χ2v) is 18.0. The first-order valence-corrected chi connectivity index (χ1v) is 23.5. The summed E-state index contributed by atoms with van der Waals surface area (Å²) in [7, 11) is 0. The number of carboxylic acid groups (broad SMARTS) is 1. The van der Waals surface area contributed by atoms with Crippen LogP contribution >= 0.6 is 0 Å². The number of aromatic nitrogens is 4. The van der Waals surface area contributed by atoms with Crippen LogP contribution in [0.15, 0.2) is 36.2 Å². The highest BCUT2D eigenvalue weighted by Gasteiger charge is 2.51. The molecule has 23 nitrogen and oxygen atoms in total. The maximum Gasteiger partial charge on any atom is 0.332 e. The normalized spacial score (nSPS) is 30.5. The van der Waals surface area contributed by atoms with E-state index in [0.717, 1.165) is 32.1 Å². The topological polar surface area (TPSA) is 336 Å². The number of nitrogens with zero attached hydrogens (tertiary/aromatic N) is 4. The Kier molecular flexibility index (Phi) is 19.0. The minimum absolute atomic E-state index is 0.00283. The van der Waals surface area contributed by atoms with Crippen molar-refractivity contribution in [3.05, 3.63) is 41.7 Å². The molecule has 0 bridgehead atoms. The molecule has 4 heterocycles.